The van der Waals surface area contributed by atoms with Gasteiger partial charge in [-0.15, -0.1) is 5.10 Å². The van der Waals surface area contributed by atoms with E-state index in [0.717, 1.165) is 12.8 Å². The van der Waals surface area contributed by atoms with Crippen LogP contribution in [0.1, 0.15) is 32.3 Å². The van der Waals surface area contributed by atoms with E-state index < -0.39 is 0 Å². The summed E-state index contributed by atoms with van der Waals surface area (Å²) in [5.74, 6) is 1.38. The summed E-state index contributed by atoms with van der Waals surface area (Å²) in [4.78, 5) is 33.1. The second kappa shape index (κ2) is 9.88. The van der Waals surface area contributed by atoms with Crippen LogP contribution in [-0.4, -0.2) is 48.7 Å². The number of carbonyl (C=O) groups excluding carboxylic acids is 1. The van der Waals surface area contributed by atoms with Crippen LogP contribution in [0.3, 0.4) is 0 Å². The molecule has 0 unspecified atom stereocenters. The molecule has 0 fully saturated rings. The quantitative estimate of drug-likeness (QED) is 0.313. The van der Waals surface area contributed by atoms with Crippen molar-refractivity contribution in [2.24, 2.45) is 7.05 Å². The smallest absolute Gasteiger partial charge is 0.262 e. The third-order valence-electron chi connectivity index (χ3n) is 6.02. The molecule has 0 atom stereocenters. The standard InChI is InChI=1S/C25H28N6O6/c1-4-6-15-22(33)21-24(31(9-5-2)25(15)34)28-23(27-21)16-11-20(29-30(16)3)35-12-19(32)26-14-7-8-17-18(10-14)37-13-36-17/h7-8,10-11,33H,4-6,9,12-13H2,1-3H3,(H,26,32)(H,27,28). The predicted octanol–water partition coefficient (Wildman–Crippen LogP) is 2.94. The van der Waals surface area contributed by atoms with Gasteiger partial charge < -0.3 is 29.6 Å². The number of rotatable bonds is 9. The monoisotopic (exact) mass is 508 g/mol. The Hall–Kier alpha value is -4.48. The number of amides is 1. The van der Waals surface area contributed by atoms with Gasteiger partial charge in [0, 0.05) is 31.4 Å². The first-order valence-corrected chi connectivity index (χ1v) is 12.1. The van der Waals surface area contributed by atoms with E-state index >= 15 is 0 Å². The van der Waals surface area contributed by atoms with E-state index in [1.165, 1.54) is 0 Å². The number of imidazole rings is 1. The highest BCUT2D eigenvalue weighted by Gasteiger charge is 2.21. The first kappa shape index (κ1) is 24.2. The summed E-state index contributed by atoms with van der Waals surface area (Å²) in [5, 5.41) is 17.9. The molecule has 0 bridgehead atoms. The van der Waals surface area contributed by atoms with Crippen molar-refractivity contribution in [3.63, 3.8) is 0 Å². The number of anilines is 1. The van der Waals surface area contributed by atoms with Crippen LogP contribution in [0.5, 0.6) is 23.1 Å². The fourth-order valence-corrected chi connectivity index (χ4v) is 4.31. The molecular weight excluding hydrogens is 480 g/mol. The van der Waals surface area contributed by atoms with E-state index in [1.54, 1.807) is 40.6 Å². The number of aromatic amines is 1. The molecule has 4 heterocycles. The van der Waals surface area contributed by atoms with Gasteiger partial charge >= 0.3 is 0 Å². The molecule has 37 heavy (non-hydrogen) atoms. The summed E-state index contributed by atoms with van der Waals surface area (Å²) in [7, 11) is 1.71. The molecule has 3 N–H and O–H groups in total. The molecule has 1 aliphatic heterocycles. The third-order valence-corrected chi connectivity index (χ3v) is 6.02. The maximum absolute atomic E-state index is 13.0. The number of aromatic nitrogens is 5. The number of pyridine rings is 1. The van der Waals surface area contributed by atoms with Crippen LogP contribution in [0.25, 0.3) is 22.7 Å². The Morgan fingerprint density at radius 3 is 2.81 bits per heavy atom. The average Bonchev–Trinajstić information content (AvgIpc) is 3.61. The van der Waals surface area contributed by atoms with Crippen molar-refractivity contribution in [2.75, 3.05) is 18.7 Å². The maximum atomic E-state index is 13.0. The lowest BCUT2D eigenvalue weighted by molar-refractivity contribution is -0.118. The molecule has 12 heteroatoms. The second-order valence-electron chi connectivity index (χ2n) is 8.71. The lowest BCUT2D eigenvalue weighted by atomic mass is 10.1. The highest BCUT2D eigenvalue weighted by atomic mass is 16.7. The van der Waals surface area contributed by atoms with Crippen molar-refractivity contribution in [3.05, 3.63) is 40.2 Å². The number of hydrogen-bond acceptors (Lipinski definition) is 8. The van der Waals surface area contributed by atoms with E-state index in [-0.39, 0.29) is 36.5 Å². The van der Waals surface area contributed by atoms with Gasteiger partial charge in [0.2, 0.25) is 12.7 Å². The summed E-state index contributed by atoms with van der Waals surface area (Å²) in [6, 6.07) is 6.75. The summed E-state index contributed by atoms with van der Waals surface area (Å²) >= 11 is 0. The van der Waals surface area contributed by atoms with Crippen LogP contribution in [0, 0.1) is 0 Å². The van der Waals surface area contributed by atoms with Crippen LogP contribution in [0.15, 0.2) is 29.1 Å². The molecule has 5 rings (SSSR count). The summed E-state index contributed by atoms with van der Waals surface area (Å²) in [6.07, 6.45) is 1.94. The molecule has 3 aromatic heterocycles. The van der Waals surface area contributed by atoms with Crippen molar-refractivity contribution in [2.45, 2.75) is 39.7 Å². The number of benzene rings is 1. The molecule has 4 aromatic rings. The highest BCUT2D eigenvalue weighted by Crippen LogP contribution is 2.34. The average molecular weight is 509 g/mol. The van der Waals surface area contributed by atoms with Gasteiger partial charge in [-0.05, 0) is 25.0 Å². The van der Waals surface area contributed by atoms with Crippen LogP contribution >= 0.6 is 0 Å². The zero-order valence-corrected chi connectivity index (χ0v) is 20.8. The van der Waals surface area contributed by atoms with Gasteiger partial charge in [-0.1, -0.05) is 20.3 Å². The van der Waals surface area contributed by atoms with Gasteiger partial charge in [0.05, 0.1) is 5.56 Å². The Balaban J connectivity index is 1.35. The number of ether oxygens (including phenoxy) is 3. The van der Waals surface area contributed by atoms with Gasteiger partial charge in [-0.3, -0.25) is 18.8 Å². The minimum Gasteiger partial charge on any atom is -0.505 e. The largest absolute Gasteiger partial charge is 0.505 e. The lowest BCUT2D eigenvalue weighted by Crippen LogP contribution is -2.24. The number of H-pyrrole nitrogens is 1. The molecule has 12 nitrogen and oxygen atoms in total. The molecule has 0 spiro atoms. The van der Waals surface area contributed by atoms with Crippen LogP contribution in [-0.2, 0) is 24.8 Å². The molecule has 0 saturated carbocycles. The number of hydrogen-bond donors (Lipinski definition) is 3. The Morgan fingerprint density at radius 2 is 2.03 bits per heavy atom. The normalized spacial score (nSPS) is 12.3. The molecule has 1 aliphatic rings. The van der Waals surface area contributed by atoms with E-state index in [0.29, 0.717) is 58.4 Å². The molecule has 0 aliphatic carbocycles. The van der Waals surface area contributed by atoms with E-state index in [1.807, 2.05) is 13.8 Å². The minimum atomic E-state index is -0.369. The van der Waals surface area contributed by atoms with Gasteiger partial charge in [0.15, 0.2) is 35.3 Å². The zero-order chi connectivity index (χ0) is 26.1. The van der Waals surface area contributed by atoms with Gasteiger partial charge in [0.1, 0.15) is 11.2 Å². The number of nitrogens with zero attached hydrogens (tertiary/aromatic N) is 4. The van der Waals surface area contributed by atoms with Gasteiger partial charge in [-0.2, -0.15) is 0 Å². The van der Waals surface area contributed by atoms with Crippen molar-refractivity contribution in [3.8, 4) is 34.6 Å². The molecule has 194 valence electrons. The van der Waals surface area contributed by atoms with E-state index in [9.17, 15) is 14.7 Å². The Labute approximate surface area is 211 Å². The molecule has 1 aromatic carbocycles. The van der Waals surface area contributed by atoms with Crippen LogP contribution in [0.4, 0.5) is 5.69 Å². The molecule has 0 radical (unpaired) electrons. The van der Waals surface area contributed by atoms with Crippen LogP contribution in [0.2, 0.25) is 0 Å². The predicted molar refractivity (Wildman–Crippen MR) is 135 cm³/mol. The third kappa shape index (κ3) is 4.57. The van der Waals surface area contributed by atoms with E-state index in [2.05, 4.69) is 20.4 Å². The Bertz CT molecular complexity index is 1530. The number of nitrogens with one attached hydrogen (secondary N) is 2. The molecule has 0 saturated heterocycles. The van der Waals surface area contributed by atoms with Crippen molar-refractivity contribution >= 4 is 22.8 Å². The number of aromatic hydroxyl groups is 1. The van der Waals surface area contributed by atoms with Gasteiger partial charge in [-0.25, -0.2) is 4.98 Å². The molecule has 1 amide bonds. The van der Waals surface area contributed by atoms with Crippen molar-refractivity contribution in [1.29, 1.82) is 0 Å². The number of aryl methyl sites for hydroxylation is 2. The summed E-state index contributed by atoms with van der Waals surface area (Å²) in [6.45, 7) is 4.31. The summed E-state index contributed by atoms with van der Waals surface area (Å²) in [5.41, 5.74) is 2.05. The number of carbonyl (C=O) groups is 1. The second-order valence-corrected chi connectivity index (χ2v) is 8.71. The maximum Gasteiger partial charge on any atom is 0.262 e. The summed E-state index contributed by atoms with van der Waals surface area (Å²) < 4.78 is 19.3. The first-order valence-electron chi connectivity index (χ1n) is 12.1. The van der Waals surface area contributed by atoms with Gasteiger partial charge in [0.25, 0.3) is 11.5 Å². The minimum absolute atomic E-state index is 0.0771. The zero-order valence-electron chi connectivity index (χ0n) is 20.8. The highest BCUT2D eigenvalue weighted by molar-refractivity contribution is 5.92. The topological polar surface area (TPSA) is 146 Å². The fourth-order valence-electron chi connectivity index (χ4n) is 4.31. The van der Waals surface area contributed by atoms with Crippen LogP contribution < -0.4 is 25.1 Å². The first-order chi connectivity index (χ1) is 17.9. The Morgan fingerprint density at radius 1 is 1.22 bits per heavy atom. The van der Waals surface area contributed by atoms with E-state index in [4.69, 9.17) is 14.2 Å². The Kier molecular flexibility index (Phi) is 6.47. The molecular formula is C25H28N6O6. The number of fused-ring (bicyclic) bond motifs is 2. The van der Waals surface area contributed by atoms with Crippen molar-refractivity contribution < 1.29 is 24.1 Å². The van der Waals surface area contributed by atoms with Crippen molar-refractivity contribution in [1.82, 2.24) is 24.3 Å². The fraction of sp³-hybridized carbons (Fsp3) is 0.360. The SMILES string of the molecule is CCCc1c(O)c2[nH]c(-c3cc(OCC(=O)Nc4ccc5c(c4)OCO5)nn3C)nc2n(CCC)c1=O. The lowest BCUT2D eigenvalue weighted by Gasteiger charge is -2.10.